The van der Waals surface area contributed by atoms with Crippen LogP contribution in [0.2, 0.25) is 0 Å². The van der Waals surface area contributed by atoms with Crippen molar-refractivity contribution in [3.8, 4) is 0 Å². The molecule has 0 aromatic heterocycles. The van der Waals surface area contributed by atoms with Crippen LogP contribution >= 0.6 is 23.5 Å². The molecular formula is C20H12S2. The minimum atomic E-state index is 1.32. The van der Waals surface area contributed by atoms with Gasteiger partial charge in [-0.15, -0.1) is 0 Å². The lowest BCUT2D eigenvalue weighted by atomic mass is 10.1. The molecule has 0 unspecified atom stereocenters. The fourth-order valence-corrected chi connectivity index (χ4v) is 5.45. The van der Waals surface area contributed by atoms with Gasteiger partial charge in [-0.2, -0.15) is 0 Å². The maximum Gasteiger partial charge on any atom is 0.0340 e. The minimum Gasteiger partial charge on any atom is -0.0877 e. The third kappa shape index (κ3) is 1.88. The Kier molecular flexibility index (Phi) is 2.76. The summed E-state index contributed by atoms with van der Waals surface area (Å²) >= 11 is 3.80. The van der Waals surface area contributed by atoms with Gasteiger partial charge in [-0.3, -0.25) is 0 Å². The van der Waals surface area contributed by atoms with Gasteiger partial charge < -0.3 is 0 Å². The Morgan fingerprint density at radius 2 is 1.14 bits per heavy atom. The fourth-order valence-electron chi connectivity index (χ4n) is 3.00. The van der Waals surface area contributed by atoms with Crippen molar-refractivity contribution in [1.29, 1.82) is 0 Å². The molecule has 2 heteroatoms. The van der Waals surface area contributed by atoms with Gasteiger partial charge in [0.05, 0.1) is 0 Å². The number of rotatable bonds is 0. The SMILES string of the molecule is c1ccc2cc3c(cc2c1)Sc1ccc2ccccc2c1S3. The summed E-state index contributed by atoms with van der Waals surface area (Å²) in [6, 6.07) is 26.4. The lowest BCUT2D eigenvalue weighted by Gasteiger charge is -2.20. The average Bonchev–Trinajstić information content (AvgIpc) is 2.58. The highest BCUT2D eigenvalue weighted by molar-refractivity contribution is 8.05. The molecule has 5 rings (SSSR count). The van der Waals surface area contributed by atoms with Gasteiger partial charge >= 0.3 is 0 Å². The van der Waals surface area contributed by atoms with E-state index in [9.17, 15) is 0 Å². The van der Waals surface area contributed by atoms with E-state index in [4.69, 9.17) is 0 Å². The van der Waals surface area contributed by atoms with Crippen molar-refractivity contribution < 1.29 is 0 Å². The predicted molar refractivity (Wildman–Crippen MR) is 96.1 cm³/mol. The van der Waals surface area contributed by atoms with Crippen LogP contribution in [0.15, 0.2) is 92.4 Å². The molecule has 0 N–H and O–H groups in total. The lowest BCUT2D eigenvalue weighted by molar-refractivity contribution is 1.19. The standard InChI is InChI=1S/C20H12S2/c1-2-7-15-12-19-18(11-14(15)6-1)21-17-10-9-13-5-3-4-8-16(13)20(17)22-19/h1-12H. The molecule has 0 saturated heterocycles. The first-order valence-corrected chi connectivity index (χ1v) is 8.92. The third-order valence-corrected chi connectivity index (χ3v) is 6.67. The van der Waals surface area contributed by atoms with Crippen LogP contribution in [0.5, 0.6) is 0 Å². The van der Waals surface area contributed by atoms with Crippen molar-refractivity contribution in [2.24, 2.45) is 0 Å². The first-order valence-electron chi connectivity index (χ1n) is 7.29. The van der Waals surface area contributed by atoms with E-state index in [-0.39, 0.29) is 0 Å². The summed E-state index contributed by atoms with van der Waals surface area (Å²) in [7, 11) is 0. The molecule has 1 aliphatic rings. The van der Waals surface area contributed by atoms with Crippen molar-refractivity contribution in [2.45, 2.75) is 19.6 Å². The van der Waals surface area contributed by atoms with E-state index in [1.165, 1.54) is 41.1 Å². The van der Waals surface area contributed by atoms with Crippen molar-refractivity contribution in [3.63, 3.8) is 0 Å². The van der Waals surface area contributed by atoms with Crippen molar-refractivity contribution in [1.82, 2.24) is 0 Å². The van der Waals surface area contributed by atoms with E-state index in [1.807, 2.05) is 23.5 Å². The molecule has 1 aliphatic heterocycles. The average molecular weight is 316 g/mol. The van der Waals surface area contributed by atoms with Crippen molar-refractivity contribution in [3.05, 3.63) is 72.8 Å². The molecule has 0 bridgehead atoms. The smallest absolute Gasteiger partial charge is 0.0340 e. The molecule has 0 fully saturated rings. The zero-order valence-electron chi connectivity index (χ0n) is 11.7. The Morgan fingerprint density at radius 3 is 1.91 bits per heavy atom. The van der Waals surface area contributed by atoms with Crippen LogP contribution in [0.1, 0.15) is 0 Å². The molecule has 104 valence electrons. The molecule has 4 aromatic carbocycles. The summed E-state index contributed by atoms with van der Waals surface area (Å²) in [5.41, 5.74) is 0. The summed E-state index contributed by atoms with van der Waals surface area (Å²) in [6.45, 7) is 0. The topological polar surface area (TPSA) is 0 Å². The van der Waals surface area contributed by atoms with E-state index in [0.717, 1.165) is 0 Å². The van der Waals surface area contributed by atoms with E-state index < -0.39 is 0 Å². The molecule has 1 heterocycles. The van der Waals surface area contributed by atoms with Crippen LogP contribution in [0.3, 0.4) is 0 Å². The van der Waals surface area contributed by atoms with Crippen molar-refractivity contribution >= 4 is 45.1 Å². The van der Waals surface area contributed by atoms with Crippen LogP contribution in [-0.2, 0) is 0 Å². The Morgan fingerprint density at radius 1 is 0.500 bits per heavy atom. The molecule has 0 saturated carbocycles. The second-order valence-corrected chi connectivity index (χ2v) is 7.60. The lowest BCUT2D eigenvalue weighted by Crippen LogP contribution is -1.91. The molecule has 4 aromatic rings. The predicted octanol–water partition coefficient (Wildman–Crippen LogP) is 6.61. The summed E-state index contributed by atoms with van der Waals surface area (Å²) in [4.78, 5) is 5.50. The maximum atomic E-state index is 2.33. The van der Waals surface area contributed by atoms with Crippen LogP contribution in [0.25, 0.3) is 21.5 Å². The number of benzene rings is 4. The van der Waals surface area contributed by atoms with Crippen LogP contribution in [-0.4, -0.2) is 0 Å². The Labute approximate surface area is 137 Å². The Hall–Kier alpha value is -1.90. The zero-order valence-corrected chi connectivity index (χ0v) is 13.4. The van der Waals surface area contributed by atoms with Gasteiger partial charge in [-0.05, 0) is 39.7 Å². The summed E-state index contributed by atoms with van der Waals surface area (Å²) in [5.74, 6) is 0. The van der Waals surface area contributed by atoms with Crippen molar-refractivity contribution in [2.75, 3.05) is 0 Å². The third-order valence-electron chi connectivity index (χ3n) is 4.09. The second-order valence-electron chi connectivity index (χ2n) is 5.46. The Bertz CT molecular complexity index is 1030. The molecule has 0 atom stereocenters. The van der Waals surface area contributed by atoms with E-state index >= 15 is 0 Å². The molecule has 0 amide bonds. The first-order chi connectivity index (χ1) is 10.9. The minimum absolute atomic E-state index is 1.32. The molecule has 0 spiro atoms. The quantitative estimate of drug-likeness (QED) is 0.315. The highest BCUT2D eigenvalue weighted by Gasteiger charge is 2.19. The van der Waals surface area contributed by atoms with Gasteiger partial charge in [0.25, 0.3) is 0 Å². The summed E-state index contributed by atoms with van der Waals surface area (Å²) < 4.78 is 0. The van der Waals surface area contributed by atoms with E-state index in [0.29, 0.717) is 0 Å². The van der Waals surface area contributed by atoms with Gasteiger partial charge in [-0.25, -0.2) is 0 Å². The highest BCUT2D eigenvalue weighted by Crippen LogP contribution is 2.51. The molecule has 0 radical (unpaired) electrons. The zero-order chi connectivity index (χ0) is 14.5. The Balaban J connectivity index is 1.75. The molecular weight excluding hydrogens is 304 g/mol. The van der Waals surface area contributed by atoms with Gasteiger partial charge in [0.15, 0.2) is 0 Å². The van der Waals surface area contributed by atoms with Crippen LogP contribution < -0.4 is 0 Å². The van der Waals surface area contributed by atoms with Crippen LogP contribution in [0.4, 0.5) is 0 Å². The largest absolute Gasteiger partial charge is 0.0877 e. The van der Waals surface area contributed by atoms with E-state index in [1.54, 1.807) is 0 Å². The fraction of sp³-hybridized carbons (Fsp3) is 0. The van der Waals surface area contributed by atoms with Gasteiger partial charge in [0.2, 0.25) is 0 Å². The number of hydrogen-bond donors (Lipinski definition) is 0. The van der Waals surface area contributed by atoms with Gasteiger partial charge in [0, 0.05) is 19.6 Å². The molecule has 22 heavy (non-hydrogen) atoms. The highest BCUT2D eigenvalue weighted by atomic mass is 32.2. The van der Waals surface area contributed by atoms with Crippen LogP contribution in [0, 0.1) is 0 Å². The first kappa shape index (κ1) is 12.6. The summed E-state index contributed by atoms with van der Waals surface area (Å²) in [6.07, 6.45) is 0. The normalized spacial score (nSPS) is 13.1. The molecule has 0 aliphatic carbocycles. The second kappa shape index (κ2) is 4.80. The van der Waals surface area contributed by atoms with Gasteiger partial charge in [-0.1, -0.05) is 78.1 Å². The van der Waals surface area contributed by atoms with E-state index in [2.05, 4.69) is 72.8 Å². The van der Waals surface area contributed by atoms with Gasteiger partial charge in [0.1, 0.15) is 0 Å². The molecule has 0 nitrogen and oxygen atoms in total. The summed E-state index contributed by atoms with van der Waals surface area (Å²) in [5, 5.41) is 5.31. The monoisotopic (exact) mass is 316 g/mol. The maximum absolute atomic E-state index is 2.33. The number of hydrogen-bond acceptors (Lipinski definition) is 2. The number of fused-ring (bicyclic) bond motifs is 5.